The molecule has 1 unspecified atom stereocenters. The molecule has 1 amide bonds. The van der Waals surface area contributed by atoms with Crippen LogP contribution >= 0.6 is 24.0 Å². The topological polar surface area (TPSA) is 69.2 Å². The number of carbonyl (C=O) groups excluding carboxylic acids is 1. The molecule has 1 saturated heterocycles. The molecule has 1 aliphatic heterocycles. The summed E-state index contributed by atoms with van der Waals surface area (Å²) in [5.74, 6) is 1.17. The highest BCUT2D eigenvalue weighted by molar-refractivity contribution is 14.0. The number of ether oxygens (including phenoxy) is 1. The van der Waals surface area contributed by atoms with Gasteiger partial charge in [-0.25, -0.2) is 4.99 Å². The molecule has 0 aromatic heterocycles. The smallest absolute Gasteiger partial charge is 0.387 e. The second-order valence-corrected chi connectivity index (χ2v) is 8.03. The van der Waals surface area contributed by atoms with Gasteiger partial charge in [0.15, 0.2) is 5.96 Å². The standard InChI is InChI=1S/C21H33F2N5O2.HI/c1-15(2)12-24-21(25-13-19(29)27(3)4)26-16-6-5-11-28(14-16)17-7-9-18(10-8-17)30-20(22)23;/h7-10,15-16,20H,5-6,11-14H2,1-4H3,(H2,24,25,26);1H. The lowest BCUT2D eigenvalue weighted by atomic mass is 10.0. The van der Waals surface area contributed by atoms with Gasteiger partial charge in [-0.2, -0.15) is 8.78 Å². The molecule has 0 spiro atoms. The highest BCUT2D eigenvalue weighted by Gasteiger charge is 2.21. The number of hydrogen-bond donors (Lipinski definition) is 2. The van der Waals surface area contributed by atoms with Crippen LogP contribution in [0.5, 0.6) is 5.75 Å². The highest BCUT2D eigenvalue weighted by atomic mass is 127. The van der Waals surface area contributed by atoms with E-state index in [1.165, 1.54) is 4.90 Å². The van der Waals surface area contributed by atoms with Crippen molar-refractivity contribution in [3.05, 3.63) is 24.3 Å². The SMILES string of the molecule is CC(C)CNC(=NCC(=O)N(C)C)NC1CCCN(c2ccc(OC(F)F)cc2)C1.I. The van der Waals surface area contributed by atoms with Crippen LogP contribution in [-0.4, -0.2) is 69.7 Å². The van der Waals surface area contributed by atoms with E-state index in [9.17, 15) is 13.6 Å². The molecule has 1 fully saturated rings. The van der Waals surface area contributed by atoms with Crippen molar-refractivity contribution in [1.82, 2.24) is 15.5 Å². The number of carbonyl (C=O) groups is 1. The average Bonchev–Trinajstić information content (AvgIpc) is 2.70. The van der Waals surface area contributed by atoms with Crippen LogP contribution < -0.4 is 20.3 Å². The normalized spacial score (nSPS) is 16.7. The van der Waals surface area contributed by atoms with E-state index < -0.39 is 6.61 Å². The Morgan fingerprint density at radius 1 is 1.29 bits per heavy atom. The van der Waals surface area contributed by atoms with Crippen LogP contribution in [0, 0.1) is 5.92 Å². The van der Waals surface area contributed by atoms with Gasteiger partial charge in [0.05, 0.1) is 0 Å². The largest absolute Gasteiger partial charge is 0.435 e. The van der Waals surface area contributed by atoms with Gasteiger partial charge < -0.3 is 25.2 Å². The minimum Gasteiger partial charge on any atom is -0.435 e. The number of alkyl halides is 2. The first-order valence-electron chi connectivity index (χ1n) is 10.3. The van der Waals surface area contributed by atoms with E-state index in [4.69, 9.17) is 0 Å². The molecule has 1 heterocycles. The summed E-state index contributed by atoms with van der Waals surface area (Å²) in [4.78, 5) is 20.1. The van der Waals surface area contributed by atoms with E-state index in [2.05, 4.69) is 39.1 Å². The van der Waals surface area contributed by atoms with Gasteiger partial charge in [0, 0.05) is 45.5 Å². The van der Waals surface area contributed by atoms with Crippen molar-refractivity contribution in [1.29, 1.82) is 0 Å². The molecule has 1 aromatic rings. The van der Waals surface area contributed by atoms with Crippen molar-refractivity contribution in [2.75, 3.05) is 45.2 Å². The molecule has 7 nitrogen and oxygen atoms in total. The van der Waals surface area contributed by atoms with E-state index in [-0.39, 0.29) is 48.2 Å². The van der Waals surface area contributed by atoms with Crippen molar-refractivity contribution in [2.24, 2.45) is 10.9 Å². The summed E-state index contributed by atoms with van der Waals surface area (Å²) >= 11 is 0. The van der Waals surface area contributed by atoms with Crippen LogP contribution in [0.15, 0.2) is 29.3 Å². The maximum absolute atomic E-state index is 12.3. The van der Waals surface area contributed by atoms with Gasteiger partial charge >= 0.3 is 6.61 Å². The lowest BCUT2D eigenvalue weighted by molar-refractivity contribution is -0.127. The molecule has 10 heteroatoms. The van der Waals surface area contributed by atoms with Crippen LogP contribution in [0.1, 0.15) is 26.7 Å². The lowest BCUT2D eigenvalue weighted by Crippen LogP contribution is -2.52. The fourth-order valence-electron chi connectivity index (χ4n) is 3.10. The molecule has 1 aliphatic rings. The number of rotatable bonds is 8. The monoisotopic (exact) mass is 553 g/mol. The maximum Gasteiger partial charge on any atom is 0.387 e. The zero-order valence-corrected chi connectivity index (χ0v) is 20.9. The Hall–Kier alpha value is -1.85. The second-order valence-electron chi connectivity index (χ2n) is 8.03. The lowest BCUT2D eigenvalue weighted by Gasteiger charge is -2.35. The average molecular weight is 553 g/mol. The van der Waals surface area contributed by atoms with Crippen molar-refractivity contribution < 1.29 is 18.3 Å². The Morgan fingerprint density at radius 3 is 2.55 bits per heavy atom. The van der Waals surface area contributed by atoms with Crippen molar-refractivity contribution in [3.8, 4) is 5.75 Å². The maximum atomic E-state index is 12.3. The van der Waals surface area contributed by atoms with E-state index in [0.29, 0.717) is 11.9 Å². The molecule has 2 N–H and O–H groups in total. The molecule has 0 radical (unpaired) electrons. The first-order valence-corrected chi connectivity index (χ1v) is 10.3. The van der Waals surface area contributed by atoms with Crippen LogP contribution in [0.3, 0.4) is 0 Å². The number of amides is 1. The quantitative estimate of drug-likeness (QED) is 0.294. The first-order chi connectivity index (χ1) is 14.2. The summed E-state index contributed by atoms with van der Waals surface area (Å²) in [6.45, 7) is 3.87. The van der Waals surface area contributed by atoms with Gasteiger partial charge in [0.2, 0.25) is 5.91 Å². The minimum absolute atomic E-state index is 0. The molecular formula is C21H34F2IN5O2. The number of piperidine rings is 1. The number of nitrogens with one attached hydrogen (secondary N) is 2. The third kappa shape index (κ3) is 9.88. The molecule has 2 rings (SSSR count). The predicted octanol–water partition coefficient (Wildman–Crippen LogP) is 3.15. The molecule has 0 bridgehead atoms. The molecular weight excluding hydrogens is 519 g/mol. The molecule has 1 atom stereocenters. The van der Waals surface area contributed by atoms with Crippen LogP contribution in [0.25, 0.3) is 0 Å². The van der Waals surface area contributed by atoms with Gasteiger partial charge in [0.1, 0.15) is 12.3 Å². The van der Waals surface area contributed by atoms with E-state index in [0.717, 1.165) is 38.2 Å². The first kappa shape index (κ1) is 27.2. The van der Waals surface area contributed by atoms with Crippen LogP contribution in [-0.2, 0) is 4.79 Å². The van der Waals surface area contributed by atoms with Crippen molar-refractivity contribution >= 4 is 41.5 Å². The Bertz CT molecular complexity index is 702. The van der Waals surface area contributed by atoms with Gasteiger partial charge in [-0.3, -0.25) is 4.79 Å². The number of nitrogens with zero attached hydrogens (tertiary/aromatic N) is 3. The number of hydrogen-bond acceptors (Lipinski definition) is 4. The number of benzene rings is 1. The highest BCUT2D eigenvalue weighted by Crippen LogP contribution is 2.23. The fraction of sp³-hybridized carbons (Fsp3) is 0.619. The molecule has 0 aliphatic carbocycles. The van der Waals surface area contributed by atoms with Crippen LogP contribution in [0.4, 0.5) is 14.5 Å². The Kier molecular flexibility index (Phi) is 11.9. The Morgan fingerprint density at radius 2 is 1.97 bits per heavy atom. The van der Waals surface area contributed by atoms with Gasteiger partial charge in [-0.15, -0.1) is 24.0 Å². The third-order valence-electron chi connectivity index (χ3n) is 4.74. The molecule has 0 saturated carbocycles. The summed E-state index contributed by atoms with van der Waals surface area (Å²) in [7, 11) is 3.42. The zero-order chi connectivity index (χ0) is 22.1. The number of anilines is 1. The zero-order valence-electron chi connectivity index (χ0n) is 18.6. The summed E-state index contributed by atoms with van der Waals surface area (Å²) in [5, 5.41) is 6.75. The van der Waals surface area contributed by atoms with Gasteiger partial charge in [-0.05, 0) is 43.0 Å². The molecule has 31 heavy (non-hydrogen) atoms. The summed E-state index contributed by atoms with van der Waals surface area (Å²) in [6.07, 6.45) is 1.97. The number of aliphatic imine (C=N–C) groups is 1. The Labute approximate surface area is 200 Å². The second kappa shape index (κ2) is 13.5. The van der Waals surface area contributed by atoms with Crippen LogP contribution in [0.2, 0.25) is 0 Å². The fourth-order valence-corrected chi connectivity index (χ4v) is 3.10. The minimum atomic E-state index is -2.82. The van der Waals surface area contributed by atoms with Gasteiger partial charge in [-0.1, -0.05) is 13.8 Å². The summed E-state index contributed by atoms with van der Waals surface area (Å²) in [5.41, 5.74) is 0.958. The predicted molar refractivity (Wildman–Crippen MR) is 131 cm³/mol. The summed E-state index contributed by atoms with van der Waals surface area (Å²) in [6, 6.07) is 6.86. The number of guanidine groups is 1. The third-order valence-corrected chi connectivity index (χ3v) is 4.74. The van der Waals surface area contributed by atoms with Crippen molar-refractivity contribution in [2.45, 2.75) is 39.3 Å². The van der Waals surface area contributed by atoms with E-state index in [1.807, 2.05) is 0 Å². The molecule has 176 valence electrons. The van der Waals surface area contributed by atoms with E-state index >= 15 is 0 Å². The van der Waals surface area contributed by atoms with Crippen molar-refractivity contribution in [3.63, 3.8) is 0 Å². The summed E-state index contributed by atoms with van der Waals surface area (Å²) < 4.78 is 29.1. The Balaban J connectivity index is 0.00000480. The number of likely N-dealkylation sites (N-methyl/N-ethyl adjacent to an activating group) is 1. The number of halogens is 3. The van der Waals surface area contributed by atoms with Gasteiger partial charge in [0.25, 0.3) is 0 Å². The van der Waals surface area contributed by atoms with E-state index in [1.54, 1.807) is 38.4 Å². The molecule has 1 aromatic carbocycles.